The van der Waals surface area contributed by atoms with Crippen molar-refractivity contribution in [2.75, 3.05) is 0 Å². The van der Waals surface area contributed by atoms with Crippen molar-refractivity contribution in [3.63, 3.8) is 0 Å². The van der Waals surface area contributed by atoms with E-state index in [0.717, 1.165) is 5.82 Å². The second kappa shape index (κ2) is 5.39. The third-order valence-corrected chi connectivity index (χ3v) is 3.67. The fourth-order valence-corrected chi connectivity index (χ4v) is 2.73. The Morgan fingerprint density at radius 1 is 1.23 bits per heavy atom. The number of rotatable bonds is 4. The smallest absolute Gasteiger partial charge is 0.325 e. The molecule has 7 nitrogen and oxygen atoms in total. The normalized spacial score (nSPS) is 12.5. The largest absolute Gasteiger partial charge is 0.332 e. The minimum absolute atomic E-state index is 0.164. The minimum Gasteiger partial charge on any atom is -0.325 e. The van der Waals surface area contributed by atoms with Crippen LogP contribution in [-0.2, 0) is 20.1 Å². The van der Waals surface area contributed by atoms with Crippen LogP contribution in [0, 0.1) is 0 Å². The molecule has 2 rings (SSSR count). The zero-order chi connectivity index (χ0) is 16.8. The molecule has 0 saturated heterocycles. The highest BCUT2D eigenvalue weighted by atomic mass is 16.2. The van der Waals surface area contributed by atoms with Gasteiger partial charge in [-0.05, 0) is 20.8 Å². The molecule has 0 aliphatic rings. The zero-order valence-corrected chi connectivity index (χ0v) is 14.2. The number of fused-ring (bicyclic) bond motifs is 1. The van der Waals surface area contributed by atoms with Crippen LogP contribution in [0.25, 0.3) is 11.2 Å². The van der Waals surface area contributed by atoms with E-state index in [9.17, 15) is 9.59 Å². The topological polar surface area (TPSA) is 87.8 Å². The van der Waals surface area contributed by atoms with E-state index in [-0.39, 0.29) is 23.7 Å². The van der Waals surface area contributed by atoms with E-state index in [4.69, 9.17) is 5.73 Å². The van der Waals surface area contributed by atoms with Crippen molar-refractivity contribution in [3.05, 3.63) is 26.7 Å². The molecule has 0 amide bonds. The van der Waals surface area contributed by atoms with E-state index in [2.05, 4.69) is 4.98 Å². The Bertz CT molecular complexity index is 818. The van der Waals surface area contributed by atoms with Crippen molar-refractivity contribution in [2.45, 2.75) is 59.2 Å². The predicted octanol–water partition coefficient (Wildman–Crippen LogP) is 0.777. The van der Waals surface area contributed by atoms with Gasteiger partial charge in [0.05, 0.1) is 0 Å². The molecule has 0 radical (unpaired) electrons. The summed E-state index contributed by atoms with van der Waals surface area (Å²) in [5.74, 6) is 0.954. The summed E-state index contributed by atoms with van der Waals surface area (Å²) < 4.78 is 4.54. The van der Waals surface area contributed by atoms with Gasteiger partial charge >= 0.3 is 5.69 Å². The molecule has 0 aliphatic carbocycles. The lowest BCUT2D eigenvalue weighted by Crippen LogP contribution is -2.48. The molecular formula is C15H25N5O2. The minimum atomic E-state index is -0.651. The third kappa shape index (κ3) is 2.61. The van der Waals surface area contributed by atoms with Gasteiger partial charge in [-0.15, -0.1) is 0 Å². The fraction of sp³-hybridized carbons (Fsp3) is 0.667. The number of hydrogen-bond acceptors (Lipinski definition) is 4. The lowest BCUT2D eigenvalue weighted by molar-refractivity contribution is 0.408. The predicted molar refractivity (Wildman–Crippen MR) is 87.3 cm³/mol. The van der Waals surface area contributed by atoms with Crippen molar-refractivity contribution in [3.8, 4) is 0 Å². The molecule has 0 aliphatic heterocycles. The maximum atomic E-state index is 12.8. The first kappa shape index (κ1) is 16.5. The number of imidazole rings is 1. The Morgan fingerprint density at radius 2 is 1.82 bits per heavy atom. The third-order valence-electron chi connectivity index (χ3n) is 3.67. The molecule has 22 heavy (non-hydrogen) atoms. The molecule has 2 aromatic heterocycles. The Kier molecular flexibility index (Phi) is 4.04. The maximum absolute atomic E-state index is 12.8. The van der Waals surface area contributed by atoms with E-state index in [0.29, 0.717) is 17.7 Å². The van der Waals surface area contributed by atoms with Gasteiger partial charge in [-0.3, -0.25) is 13.9 Å². The second-order valence-electron chi connectivity index (χ2n) is 6.76. The van der Waals surface area contributed by atoms with Crippen molar-refractivity contribution < 1.29 is 0 Å². The molecule has 2 aromatic rings. The van der Waals surface area contributed by atoms with Gasteiger partial charge in [0.2, 0.25) is 0 Å². The average molecular weight is 307 g/mol. The van der Waals surface area contributed by atoms with Gasteiger partial charge in [0, 0.05) is 31.6 Å². The Hall–Kier alpha value is -1.89. The van der Waals surface area contributed by atoms with Crippen LogP contribution in [0.4, 0.5) is 0 Å². The van der Waals surface area contributed by atoms with Crippen molar-refractivity contribution in [2.24, 2.45) is 12.8 Å². The highest BCUT2D eigenvalue weighted by Gasteiger charge is 2.23. The van der Waals surface area contributed by atoms with Crippen LogP contribution in [0.5, 0.6) is 0 Å². The van der Waals surface area contributed by atoms with Crippen LogP contribution < -0.4 is 17.0 Å². The van der Waals surface area contributed by atoms with Gasteiger partial charge < -0.3 is 10.3 Å². The molecule has 2 N–H and O–H groups in total. The number of aryl methyl sites for hydroxylation is 2. The van der Waals surface area contributed by atoms with E-state index >= 15 is 0 Å². The number of nitrogens with zero attached hydrogens (tertiary/aromatic N) is 4. The standard InChI is InChI=1S/C15H25N5O2/c1-7-19-12-10(18(6)11(17-12)9(2)3)13(21)20(14(19)22)8-15(4,5)16/h9H,7-8,16H2,1-6H3. The van der Waals surface area contributed by atoms with Gasteiger partial charge in [-0.2, -0.15) is 0 Å². The molecule has 122 valence electrons. The first-order valence-electron chi connectivity index (χ1n) is 7.57. The van der Waals surface area contributed by atoms with E-state index in [1.54, 1.807) is 18.4 Å². The quantitative estimate of drug-likeness (QED) is 0.904. The molecule has 0 atom stereocenters. The van der Waals surface area contributed by atoms with Crippen molar-refractivity contribution in [1.29, 1.82) is 0 Å². The summed E-state index contributed by atoms with van der Waals surface area (Å²) in [5.41, 5.74) is 5.57. The van der Waals surface area contributed by atoms with E-state index in [1.807, 2.05) is 27.8 Å². The molecule has 0 aromatic carbocycles. The first-order chi connectivity index (χ1) is 10.1. The summed E-state index contributed by atoms with van der Waals surface area (Å²) >= 11 is 0. The fourth-order valence-electron chi connectivity index (χ4n) is 2.73. The summed E-state index contributed by atoms with van der Waals surface area (Å²) in [4.78, 5) is 29.9. The van der Waals surface area contributed by atoms with Gasteiger partial charge in [-0.25, -0.2) is 9.78 Å². The zero-order valence-electron chi connectivity index (χ0n) is 14.2. The Balaban J connectivity index is 2.93. The van der Waals surface area contributed by atoms with Crippen molar-refractivity contribution >= 4 is 11.2 Å². The molecule has 0 fully saturated rings. The van der Waals surface area contributed by atoms with Crippen LogP contribution in [0.1, 0.15) is 46.4 Å². The molecule has 0 bridgehead atoms. The molecule has 2 heterocycles. The molecule has 0 unspecified atom stereocenters. The lowest BCUT2D eigenvalue weighted by Gasteiger charge is -2.20. The van der Waals surface area contributed by atoms with E-state index < -0.39 is 5.54 Å². The van der Waals surface area contributed by atoms with Crippen LogP contribution in [0.3, 0.4) is 0 Å². The highest BCUT2D eigenvalue weighted by Crippen LogP contribution is 2.17. The first-order valence-corrected chi connectivity index (χ1v) is 7.57. The second-order valence-corrected chi connectivity index (χ2v) is 6.76. The van der Waals surface area contributed by atoms with Gasteiger partial charge in [0.1, 0.15) is 5.82 Å². The molecule has 0 saturated carbocycles. The monoisotopic (exact) mass is 307 g/mol. The summed E-state index contributed by atoms with van der Waals surface area (Å²) in [5, 5.41) is 0. The maximum Gasteiger partial charge on any atom is 0.332 e. The number of nitrogens with two attached hydrogens (primary N) is 1. The average Bonchev–Trinajstić information content (AvgIpc) is 2.72. The van der Waals surface area contributed by atoms with Crippen LogP contribution in [0.15, 0.2) is 9.59 Å². The summed E-state index contributed by atoms with van der Waals surface area (Å²) in [7, 11) is 1.81. The SMILES string of the molecule is CCn1c(=O)n(CC(C)(C)N)c(=O)c2c1nc(C(C)C)n2C. The summed E-state index contributed by atoms with van der Waals surface area (Å²) in [6.45, 7) is 10.1. The summed E-state index contributed by atoms with van der Waals surface area (Å²) in [6.07, 6.45) is 0. The summed E-state index contributed by atoms with van der Waals surface area (Å²) in [6, 6.07) is 0. The van der Waals surface area contributed by atoms with Crippen molar-refractivity contribution in [1.82, 2.24) is 18.7 Å². The van der Waals surface area contributed by atoms with Gasteiger partial charge in [0.25, 0.3) is 5.56 Å². The van der Waals surface area contributed by atoms with Gasteiger partial charge in [0.15, 0.2) is 11.2 Å². The van der Waals surface area contributed by atoms with Gasteiger partial charge in [-0.1, -0.05) is 13.8 Å². The number of aromatic nitrogens is 4. The van der Waals surface area contributed by atoms with Crippen LogP contribution in [0.2, 0.25) is 0 Å². The Labute approximate surface area is 129 Å². The van der Waals surface area contributed by atoms with Crippen LogP contribution in [-0.4, -0.2) is 24.2 Å². The molecule has 0 spiro atoms. The van der Waals surface area contributed by atoms with Crippen LogP contribution >= 0.6 is 0 Å². The van der Waals surface area contributed by atoms with E-state index in [1.165, 1.54) is 9.13 Å². The molecule has 7 heteroatoms. The molecular weight excluding hydrogens is 282 g/mol. The number of hydrogen-bond donors (Lipinski definition) is 1. The lowest BCUT2D eigenvalue weighted by atomic mass is 10.1. The highest BCUT2D eigenvalue weighted by molar-refractivity contribution is 5.71. The Morgan fingerprint density at radius 3 is 2.27 bits per heavy atom.